The first kappa shape index (κ1) is 19.5. The zero-order valence-corrected chi connectivity index (χ0v) is 14.7. The topological polar surface area (TPSA) is 70.7 Å². The van der Waals surface area contributed by atoms with Gasteiger partial charge in [0.05, 0.1) is 0 Å². The molecule has 28 heavy (non-hydrogen) atoms. The Kier molecular flexibility index (Phi) is 5.72. The number of benzene rings is 2. The van der Waals surface area contributed by atoms with E-state index in [-0.39, 0.29) is 11.7 Å². The number of halogens is 3. The normalized spacial score (nSPS) is 16.5. The number of para-hydroxylation sites is 1. The molecule has 0 aromatic heterocycles. The second-order valence-electron chi connectivity index (χ2n) is 6.21. The first-order valence-electron chi connectivity index (χ1n) is 8.61. The van der Waals surface area contributed by atoms with Gasteiger partial charge in [0, 0.05) is 17.9 Å². The van der Waals surface area contributed by atoms with E-state index < -0.39 is 18.4 Å². The van der Waals surface area contributed by atoms with Gasteiger partial charge in [-0.1, -0.05) is 18.2 Å². The van der Waals surface area contributed by atoms with Gasteiger partial charge in [0.1, 0.15) is 11.8 Å². The van der Waals surface area contributed by atoms with Crippen LogP contribution in [0.1, 0.15) is 12.8 Å². The average Bonchev–Trinajstić information content (AvgIpc) is 3.13. The van der Waals surface area contributed by atoms with Crippen LogP contribution in [-0.4, -0.2) is 35.8 Å². The van der Waals surface area contributed by atoms with Crippen molar-refractivity contribution in [2.24, 2.45) is 0 Å². The van der Waals surface area contributed by atoms with E-state index in [4.69, 9.17) is 0 Å². The van der Waals surface area contributed by atoms with Crippen LogP contribution in [0.5, 0.6) is 5.75 Å². The molecular formula is C19H18F3N3O3. The Balaban J connectivity index is 1.60. The SMILES string of the molecule is O=C(Nc1ccccc1)[C@H]1CCCN1C(=O)Nc1ccc(OC(F)(F)F)cc1. The van der Waals surface area contributed by atoms with Gasteiger partial charge in [-0.05, 0) is 49.2 Å². The number of anilines is 2. The molecule has 0 bridgehead atoms. The molecule has 3 rings (SSSR count). The summed E-state index contributed by atoms with van der Waals surface area (Å²) in [6.07, 6.45) is -3.57. The van der Waals surface area contributed by atoms with E-state index in [0.717, 1.165) is 12.1 Å². The molecule has 1 saturated heterocycles. The fourth-order valence-electron chi connectivity index (χ4n) is 2.96. The van der Waals surface area contributed by atoms with Gasteiger partial charge in [-0.2, -0.15) is 0 Å². The molecule has 0 radical (unpaired) electrons. The Morgan fingerprint density at radius 1 is 0.964 bits per heavy atom. The van der Waals surface area contributed by atoms with Gasteiger partial charge < -0.3 is 20.3 Å². The molecule has 1 heterocycles. The van der Waals surface area contributed by atoms with Gasteiger partial charge in [-0.25, -0.2) is 4.79 Å². The lowest BCUT2D eigenvalue weighted by molar-refractivity contribution is -0.274. The molecule has 1 aliphatic heterocycles. The van der Waals surface area contributed by atoms with Crippen LogP contribution in [0.4, 0.5) is 29.3 Å². The van der Waals surface area contributed by atoms with Crippen LogP contribution < -0.4 is 15.4 Å². The van der Waals surface area contributed by atoms with E-state index in [9.17, 15) is 22.8 Å². The summed E-state index contributed by atoms with van der Waals surface area (Å²) in [6.45, 7) is 0.411. The number of ether oxygens (including phenoxy) is 1. The number of nitrogens with one attached hydrogen (secondary N) is 2. The fraction of sp³-hybridized carbons (Fsp3) is 0.263. The molecule has 0 saturated carbocycles. The largest absolute Gasteiger partial charge is 0.573 e. The van der Waals surface area contributed by atoms with E-state index in [1.54, 1.807) is 24.3 Å². The van der Waals surface area contributed by atoms with Gasteiger partial charge in [-0.3, -0.25) is 4.79 Å². The van der Waals surface area contributed by atoms with Crippen LogP contribution in [-0.2, 0) is 4.79 Å². The van der Waals surface area contributed by atoms with Crippen molar-refractivity contribution in [1.29, 1.82) is 0 Å². The molecule has 9 heteroatoms. The molecule has 0 spiro atoms. The van der Waals surface area contributed by atoms with Crippen molar-refractivity contribution in [2.75, 3.05) is 17.2 Å². The zero-order chi connectivity index (χ0) is 20.1. The molecule has 1 fully saturated rings. The Morgan fingerprint density at radius 3 is 2.25 bits per heavy atom. The highest BCUT2D eigenvalue weighted by atomic mass is 19.4. The fourth-order valence-corrected chi connectivity index (χ4v) is 2.96. The first-order chi connectivity index (χ1) is 13.3. The van der Waals surface area contributed by atoms with Gasteiger partial charge in [0.15, 0.2) is 0 Å². The smallest absolute Gasteiger partial charge is 0.406 e. The molecule has 2 aromatic rings. The second-order valence-corrected chi connectivity index (χ2v) is 6.21. The Labute approximate surface area is 159 Å². The molecular weight excluding hydrogens is 375 g/mol. The molecule has 148 valence electrons. The standard InChI is InChI=1S/C19H18F3N3O3/c20-19(21,22)28-15-10-8-14(9-11-15)24-18(27)25-12-4-7-16(25)17(26)23-13-5-2-1-3-6-13/h1-3,5-6,8-11,16H,4,7,12H2,(H,23,26)(H,24,27)/t16-/m1/s1. The Bertz CT molecular complexity index is 826. The highest BCUT2D eigenvalue weighted by Crippen LogP contribution is 2.25. The highest BCUT2D eigenvalue weighted by molar-refractivity contribution is 5.99. The molecule has 1 atom stereocenters. The number of nitrogens with zero attached hydrogens (tertiary/aromatic N) is 1. The molecule has 3 amide bonds. The summed E-state index contributed by atoms with van der Waals surface area (Å²) in [5, 5.41) is 5.37. The van der Waals surface area contributed by atoms with Crippen LogP contribution in [0.25, 0.3) is 0 Å². The van der Waals surface area contributed by atoms with Gasteiger partial charge in [0.2, 0.25) is 5.91 Å². The summed E-state index contributed by atoms with van der Waals surface area (Å²) in [6, 6.07) is 12.6. The van der Waals surface area contributed by atoms with Gasteiger partial charge in [0.25, 0.3) is 0 Å². The monoisotopic (exact) mass is 393 g/mol. The molecule has 0 unspecified atom stereocenters. The lowest BCUT2D eigenvalue weighted by atomic mass is 10.2. The predicted octanol–water partition coefficient (Wildman–Crippen LogP) is 4.22. The van der Waals surface area contributed by atoms with E-state index >= 15 is 0 Å². The summed E-state index contributed by atoms with van der Waals surface area (Å²) >= 11 is 0. The third-order valence-electron chi connectivity index (χ3n) is 4.20. The summed E-state index contributed by atoms with van der Waals surface area (Å²) in [7, 11) is 0. The van der Waals surface area contributed by atoms with E-state index in [2.05, 4.69) is 15.4 Å². The molecule has 2 N–H and O–H groups in total. The van der Waals surface area contributed by atoms with Crippen molar-refractivity contribution in [1.82, 2.24) is 4.90 Å². The first-order valence-corrected chi connectivity index (χ1v) is 8.61. The zero-order valence-electron chi connectivity index (χ0n) is 14.7. The molecule has 0 aliphatic carbocycles. The second kappa shape index (κ2) is 8.20. The Hall–Kier alpha value is -3.23. The van der Waals surface area contributed by atoms with Crippen molar-refractivity contribution in [3.05, 3.63) is 54.6 Å². The number of hydrogen-bond acceptors (Lipinski definition) is 3. The van der Waals surface area contributed by atoms with Crippen LogP contribution in [0.3, 0.4) is 0 Å². The van der Waals surface area contributed by atoms with Crippen molar-refractivity contribution in [3.63, 3.8) is 0 Å². The number of urea groups is 1. The lowest BCUT2D eigenvalue weighted by Gasteiger charge is -2.24. The number of hydrogen-bond donors (Lipinski definition) is 2. The minimum atomic E-state index is -4.78. The van der Waals surface area contributed by atoms with Crippen molar-refractivity contribution in [3.8, 4) is 5.75 Å². The van der Waals surface area contributed by atoms with Crippen molar-refractivity contribution >= 4 is 23.3 Å². The van der Waals surface area contributed by atoms with Gasteiger partial charge in [-0.15, -0.1) is 13.2 Å². The summed E-state index contributed by atoms with van der Waals surface area (Å²) in [5.41, 5.74) is 0.939. The maximum absolute atomic E-state index is 12.5. The van der Waals surface area contributed by atoms with Crippen molar-refractivity contribution < 1.29 is 27.5 Å². The van der Waals surface area contributed by atoms with Gasteiger partial charge >= 0.3 is 12.4 Å². The quantitative estimate of drug-likeness (QED) is 0.817. The number of amides is 3. The van der Waals surface area contributed by atoms with E-state index in [1.807, 2.05) is 6.07 Å². The maximum Gasteiger partial charge on any atom is 0.573 e. The molecule has 2 aromatic carbocycles. The number of carbonyl (C=O) groups excluding carboxylic acids is 2. The minimum absolute atomic E-state index is 0.284. The maximum atomic E-state index is 12.5. The number of alkyl halides is 3. The number of carbonyl (C=O) groups is 2. The third-order valence-corrected chi connectivity index (χ3v) is 4.20. The summed E-state index contributed by atoms with van der Waals surface area (Å²) in [5.74, 6) is -0.667. The van der Waals surface area contributed by atoms with Crippen LogP contribution in [0.2, 0.25) is 0 Å². The molecule has 1 aliphatic rings. The number of likely N-dealkylation sites (tertiary alicyclic amines) is 1. The van der Waals surface area contributed by atoms with Crippen LogP contribution >= 0.6 is 0 Å². The average molecular weight is 393 g/mol. The predicted molar refractivity (Wildman–Crippen MR) is 96.9 cm³/mol. The highest BCUT2D eigenvalue weighted by Gasteiger charge is 2.34. The van der Waals surface area contributed by atoms with E-state index in [0.29, 0.717) is 30.8 Å². The summed E-state index contributed by atoms with van der Waals surface area (Å²) in [4.78, 5) is 26.4. The lowest BCUT2D eigenvalue weighted by Crippen LogP contribution is -2.45. The minimum Gasteiger partial charge on any atom is -0.406 e. The van der Waals surface area contributed by atoms with Crippen molar-refractivity contribution in [2.45, 2.75) is 25.2 Å². The third kappa shape index (κ3) is 5.15. The number of rotatable bonds is 4. The Morgan fingerprint density at radius 2 is 1.61 bits per heavy atom. The summed E-state index contributed by atoms with van der Waals surface area (Å²) < 4.78 is 40.4. The van der Waals surface area contributed by atoms with Crippen LogP contribution in [0, 0.1) is 0 Å². The van der Waals surface area contributed by atoms with E-state index in [1.165, 1.54) is 17.0 Å². The molecule has 6 nitrogen and oxygen atoms in total. The van der Waals surface area contributed by atoms with Crippen LogP contribution in [0.15, 0.2) is 54.6 Å².